The molecule has 0 fully saturated rings. The van der Waals surface area contributed by atoms with Crippen LogP contribution >= 0.6 is 11.8 Å². The van der Waals surface area contributed by atoms with Gasteiger partial charge in [0.25, 0.3) is 0 Å². The van der Waals surface area contributed by atoms with Gasteiger partial charge in [-0.1, -0.05) is 11.8 Å². The van der Waals surface area contributed by atoms with Gasteiger partial charge in [-0.25, -0.2) is 19.4 Å². The predicted octanol–water partition coefficient (Wildman–Crippen LogP) is 2.39. The van der Waals surface area contributed by atoms with Crippen LogP contribution in [0.3, 0.4) is 0 Å². The molecule has 3 heterocycles. The van der Waals surface area contributed by atoms with E-state index in [0.29, 0.717) is 10.9 Å². The van der Waals surface area contributed by atoms with Crippen LogP contribution in [0.2, 0.25) is 0 Å². The van der Waals surface area contributed by atoms with Gasteiger partial charge in [-0.2, -0.15) is 0 Å². The molecule has 3 rings (SSSR count). The minimum atomic E-state index is -1.000. The van der Waals surface area contributed by atoms with E-state index in [1.54, 1.807) is 12.3 Å². The zero-order chi connectivity index (χ0) is 18.6. The fraction of sp³-hybridized carbons (Fsp3) is 0.235. The summed E-state index contributed by atoms with van der Waals surface area (Å²) in [5, 5.41) is 2.34. The van der Waals surface area contributed by atoms with Crippen LogP contribution in [0.15, 0.2) is 47.2 Å². The Balaban J connectivity index is 1.77. The Bertz CT molecular complexity index is 872. The number of halogens is 1. The molecule has 2 aromatic rings. The summed E-state index contributed by atoms with van der Waals surface area (Å²) in [6, 6.07) is 3.58. The van der Waals surface area contributed by atoms with Crippen molar-refractivity contribution in [2.75, 3.05) is 6.86 Å². The highest BCUT2D eigenvalue weighted by molar-refractivity contribution is 8.16. The number of rotatable bonds is 6. The van der Waals surface area contributed by atoms with Crippen molar-refractivity contribution in [3.63, 3.8) is 0 Å². The molecule has 0 spiro atoms. The van der Waals surface area contributed by atoms with E-state index in [1.807, 2.05) is 24.5 Å². The molecule has 7 nitrogen and oxygen atoms in total. The van der Waals surface area contributed by atoms with E-state index in [1.165, 1.54) is 24.2 Å². The Morgan fingerprint density at radius 1 is 1.35 bits per heavy atom. The van der Waals surface area contributed by atoms with Gasteiger partial charge in [-0.3, -0.25) is 9.78 Å². The number of hydrogen-bond acceptors (Lipinski definition) is 8. The highest BCUT2D eigenvalue weighted by atomic mass is 32.2. The van der Waals surface area contributed by atoms with E-state index >= 15 is 0 Å². The number of carbonyl (C=O) groups excluding carboxylic acids is 1. The number of thioether (sulfide) groups is 1. The van der Waals surface area contributed by atoms with Crippen molar-refractivity contribution < 1.29 is 13.9 Å². The lowest BCUT2D eigenvalue weighted by Crippen LogP contribution is -2.24. The third-order valence-electron chi connectivity index (χ3n) is 3.75. The predicted molar refractivity (Wildman–Crippen MR) is 96.6 cm³/mol. The van der Waals surface area contributed by atoms with Crippen molar-refractivity contribution >= 4 is 22.7 Å². The number of aliphatic imine (C=N–C) groups is 1. The molecule has 1 aliphatic heterocycles. The second kappa shape index (κ2) is 7.61. The molecule has 0 saturated carbocycles. The van der Waals surface area contributed by atoms with Crippen LogP contribution < -0.4 is 10.5 Å². The summed E-state index contributed by atoms with van der Waals surface area (Å²) in [7, 11) is 0. The van der Waals surface area contributed by atoms with E-state index in [4.69, 9.17) is 5.73 Å². The van der Waals surface area contributed by atoms with Crippen molar-refractivity contribution in [2.24, 2.45) is 10.7 Å². The van der Waals surface area contributed by atoms with E-state index in [0.717, 1.165) is 5.56 Å². The Morgan fingerprint density at radius 3 is 2.88 bits per heavy atom. The fourth-order valence-corrected chi connectivity index (χ4v) is 3.11. The van der Waals surface area contributed by atoms with Crippen LogP contribution in [0.5, 0.6) is 5.88 Å². The minimum Gasteiger partial charge on any atom is -0.445 e. The number of nitrogens with two attached hydrogens (primary N) is 1. The van der Waals surface area contributed by atoms with Gasteiger partial charge in [0.05, 0.1) is 18.1 Å². The summed E-state index contributed by atoms with van der Waals surface area (Å²) in [5.41, 5.74) is 6.78. The quantitative estimate of drug-likeness (QED) is 0.775. The number of nitrogens with zero attached hydrogens (tertiary/aromatic N) is 4. The first-order valence-corrected chi connectivity index (χ1v) is 8.57. The Kier molecular flexibility index (Phi) is 5.27. The first-order chi connectivity index (χ1) is 12.5. The van der Waals surface area contributed by atoms with Gasteiger partial charge in [0.1, 0.15) is 11.2 Å². The third kappa shape index (κ3) is 4.05. The van der Waals surface area contributed by atoms with Crippen molar-refractivity contribution in [1.29, 1.82) is 0 Å². The van der Waals surface area contributed by atoms with Crippen LogP contribution in [0, 0.1) is 0 Å². The molecule has 0 aromatic carbocycles. The zero-order valence-electron chi connectivity index (χ0n) is 13.9. The topological polar surface area (TPSA) is 103 Å². The summed E-state index contributed by atoms with van der Waals surface area (Å²) in [5.74, 6) is -0.190. The van der Waals surface area contributed by atoms with Crippen molar-refractivity contribution in [3.05, 3.63) is 59.2 Å². The number of ether oxygens (including phenoxy) is 1. The molecule has 9 heteroatoms. The standard InChI is InChI=1S/C17H16FN5O2S/c1-17(3-5-26-16(19)23-17)14-7-11(2-4-20-14)6-13(24)12-8-22-15(9-21-12)25-10-18/h2-5,7-9H,6,10H2,1H3,(H2,19,23)/t17-/m0/s1. The van der Waals surface area contributed by atoms with Gasteiger partial charge < -0.3 is 10.5 Å². The Hall–Kier alpha value is -2.81. The lowest BCUT2D eigenvalue weighted by atomic mass is 9.95. The highest BCUT2D eigenvalue weighted by Gasteiger charge is 2.27. The van der Waals surface area contributed by atoms with E-state index < -0.39 is 12.4 Å². The van der Waals surface area contributed by atoms with Crippen molar-refractivity contribution in [2.45, 2.75) is 18.9 Å². The lowest BCUT2D eigenvalue weighted by Gasteiger charge is -2.24. The normalized spacial score (nSPS) is 19.1. The number of Topliss-reactive ketones (excluding diaryl/α,β-unsaturated/α-hetero) is 1. The van der Waals surface area contributed by atoms with Crippen LogP contribution in [0.1, 0.15) is 28.7 Å². The SMILES string of the molecule is C[C@@]1(c2cc(CC(=O)c3cnc(OCF)cn3)ccn2)C=CSC(N)=N1. The smallest absolute Gasteiger partial charge is 0.234 e. The first-order valence-electron chi connectivity index (χ1n) is 7.69. The summed E-state index contributed by atoms with van der Waals surface area (Å²) in [4.78, 5) is 29.0. The molecule has 2 aromatic heterocycles. The molecule has 0 radical (unpaired) electrons. The lowest BCUT2D eigenvalue weighted by molar-refractivity contribution is 0.0987. The maximum atomic E-state index is 12.4. The second-order valence-electron chi connectivity index (χ2n) is 5.66. The van der Waals surface area contributed by atoms with E-state index in [9.17, 15) is 9.18 Å². The summed E-state index contributed by atoms with van der Waals surface area (Å²) >= 11 is 1.35. The van der Waals surface area contributed by atoms with Crippen LogP contribution in [0.4, 0.5) is 4.39 Å². The maximum absolute atomic E-state index is 12.4. The molecular weight excluding hydrogens is 357 g/mol. The number of amidine groups is 1. The molecule has 0 unspecified atom stereocenters. The number of pyridine rings is 1. The average Bonchev–Trinajstić information content (AvgIpc) is 2.63. The van der Waals surface area contributed by atoms with Gasteiger partial charge in [0, 0.05) is 12.6 Å². The number of hydrogen-bond donors (Lipinski definition) is 1. The third-order valence-corrected chi connectivity index (χ3v) is 4.35. The summed E-state index contributed by atoms with van der Waals surface area (Å²) < 4.78 is 16.7. The molecule has 2 N–H and O–H groups in total. The second-order valence-corrected chi connectivity index (χ2v) is 6.59. The van der Waals surface area contributed by atoms with Crippen LogP contribution in [-0.4, -0.2) is 32.8 Å². The number of alkyl halides is 1. The van der Waals surface area contributed by atoms with Gasteiger partial charge in [0.2, 0.25) is 12.7 Å². The average molecular weight is 373 g/mol. The Morgan fingerprint density at radius 2 is 2.19 bits per heavy atom. The van der Waals surface area contributed by atoms with E-state index in [-0.39, 0.29) is 23.8 Å². The molecule has 1 atom stereocenters. The molecule has 0 aliphatic carbocycles. The van der Waals surface area contributed by atoms with Gasteiger partial charge in [-0.15, -0.1) is 0 Å². The highest BCUT2D eigenvalue weighted by Crippen LogP contribution is 2.31. The fourth-order valence-electron chi connectivity index (χ4n) is 2.40. The number of ketones is 1. The van der Waals surface area contributed by atoms with Crippen molar-refractivity contribution in [1.82, 2.24) is 15.0 Å². The molecule has 0 bridgehead atoms. The Labute approximate surface area is 153 Å². The molecular formula is C17H16FN5O2S. The monoisotopic (exact) mass is 373 g/mol. The molecule has 1 aliphatic rings. The van der Waals surface area contributed by atoms with Gasteiger partial charge in [-0.05, 0) is 36.1 Å². The minimum absolute atomic E-state index is 0.0283. The maximum Gasteiger partial charge on any atom is 0.234 e. The molecule has 26 heavy (non-hydrogen) atoms. The largest absolute Gasteiger partial charge is 0.445 e. The van der Waals surface area contributed by atoms with Crippen molar-refractivity contribution in [3.8, 4) is 5.88 Å². The summed E-state index contributed by atoms with van der Waals surface area (Å²) in [6.45, 7) is 0.902. The van der Waals surface area contributed by atoms with Gasteiger partial charge >= 0.3 is 0 Å². The molecule has 0 saturated heterocycles. The summed E-state index contributed by atoms with van der Waals surface area (Å²) in [6.07, 6.45) is 6.16. The van der Waals surface area contributed by atoms with Crippen LogP contribution in [0.25, 0.3) is 0 Å². The zero-order valence-corrected chi connectivity index (χ0v) is 14.7. The number of carbonyl (C=O) groups is 1. The van der Waals surface area contributed by atoms with Crippen LogP contribution in [-0.2, 0) is 12.0 Å². The molecule has 134 valence electrons. The van der Waals surface area contributed by atoms with E-state index in [2.05, 4.69) is 24.7 Å². The van der Waals surface area contributed by atoms with Gasteiger partial charge in [0.15, 0.2) is 11.0 Å². The first kappa shape index (κ1) is 18.0. The molecule has 0 amide bonds. The number of aromatic nitrogens is 3.